The van der Waals surface area contributed by atoms with E-state index in [9.17, 15) is 0 Å². The number of rotatable bonds is 2. The molecule has 0 aromatic rings. The molecule has 2 nitrogen and oxygen atoms in total. The van der Waals surface area contributed by atoms with Crippen molar-refractivity contribution in [3.8, 4) is 0 Å². The lowest BCUT2D eigenvalue weighted by Crippen LogP contribution is -2.21. The number of hydrogen-bond donors (Lipinski definition) is 1. The highest BCUT2D eigenvalue weighted by Gasteiger charge is 2.33. The number of allylic oxidation sites excluding steroid dienone is 1. The first-order chi connectivity index (χ1) is 6.00. The summed E-state index contributed by atoms with van der Waals surface area (Å²) in [6.45, 7) is 6.54. The molecule has 1 saturated carbocycles. The molecule has 0 amide bonds. The first kappa shape index (κ1) is 10.3. The molecule has 0 bridgehead atoms. The summed E-state index contributed by atoms with van der Waals surface area (Å²) in [4.78, 5) is 4.36. The highest BCUT2D eigenvalue weighted by molar-refractivity contribution is 6.03. The fraction of sp³-hybridized carbons (Fsp3) is 0.727. The van der Waals surface area contributed by atoms with Gasteiger partial charge in [0.15, 0.2) is 0 Å². The van der Waals surface area contributed by atoms with Crippen molar-refractivity contribution < 1.29 is 0 Å². The van der Waals surface area contributed by atoms with Gasteiger partial charge in [-0.05, 0) is 30.0 Å². The first-order valence-corrected chi connectivity index (χ1v) is 4.90. The van der Waals surface area contributed by atoms with Gasteiger partial charge in [-0.15, -0.1) is 0 Å². The van der Waals surface area contributed by atoms with E-state index in [1.165, 1.54) is 24.1 Å². The monoisotopic (exact) mass is 180 g/mol. The van der Waals surface area contributed by atoms with Crippen LogP contribution in [0.4, 0.5) is 0 Å². The molecular formula is C11H20N2. The fourth-order valence-corrected chi connectivity index (χ4v) is 1.60. The van der Waals surface area contributed by atoms with E-state index in [-0.39, 0.29) is 5.41 Å². The fourth-order valence-electron chi connectivity index (χ4n) is 1.60. The summed E-state index contributed by atoms with van der Waals surface area (Å²) in [5, 5.41) is 0. The molecule has 0 aliphatic heterocycles. The predicted molar refractivity (Wildman–Crippen MR) is 57.8 cm³/mol. The molecule has 0 aromatic heterocycles. The molecular weight excluding hydrogens is 160 g/mol. The zero-order valence-corrected chi connectivity index (χ0v) is 9.09. The van der Waals surface area contributed by atoms with Gasteiger partial charge in [-0.1, -0.05) is 20.8 Å². The van der Waals surface area contributed by atoms with Crippen LogP contribution in [0.2, 0.25) is 0 Å². The zero-order valence-electron chi connectivity index (χ0n) is 9.09. The third-order valence-electron chi connectivity index (χ3n) is 2.46. The molecule has 2 heteroatoms. The van der Waals surface area contributed by atoms with Crippen LogP contribution < -0.4 is 5.73 Å². The number of aliphatic imine (C=N–C) groups is 1. The summed E-state index contributed by atoms with van der Waals surface area (Å²) in [6, 6.07) is 0. The zero-order chi connectivity index (χ0) is 10.1. The second-order valence-corrected chi connectivity index (χ2v) is 4.71. The average Bonchev–Trinajstić information content (AvgIpc) is 2.79. The highest BCUT2D eigenvalue weighted by atomic mass is 14.7. The van der Waals surface area contributed by atoms with Crippen molar-refractivity contribution in [2.24, 2.45) is 22.1 Å². The largest absolute Gasteiger partial charge is 0.404 e. The van der Waals surface area contributed by atoms with Gasteiger partial charge in [-0.3, -0.25) is 4.99 Å². The lowest BCUT2D eigenvalue weighted by atomic mass is 9.82. The minimum atomic E-state index is 0.117. The van der Waals surface area contributed by atoms with E-state index >= 15 is 0 Å². The lowest BCUT2D eigenvalue weighted by molar-refractivity contribution is 0.520. The predicted octanol–water partition coefficient (Wildman–Crippen LogP) is 2.36. The molecule has 0 heterocycles. The van der Waals surface area contributed by atoms with Crippen LogP contribution in [-0.4, -0.2) is 12.8 Å². The van der Waals surface area contributed by atoms with Crippen molar-refractivity contribution in [3.05, 3.63) is 11.8 Å². The Morgan fingerprint density at radius 3 is 2.15 bits per heavy atom. The van der Waals surface area contributed by atoms with Gasteiger partial charge in [-0.2, -0.15) is 0 Å². The van der Waals surface area contributed by atoms with Crippen LogP contribution in [0.5, 0.6) is 0 Å². The molecule has 0 saturated heterocycles. The van der Waals surface area contributed by atoms with Crippen LogP contribution in [-0.2, 0) is 0 Å². The van der Waals surface area contributed by atoms with Gasteiger partial charge in [0, 0.05) is 18.7 Å². The molecule has 1 fully saturated rings. The maximum absolute atomic E-state index is 5.66. The molecule has 0 unspecified atom stereocenters. The van der Waals surface area contributed by atoms with Gasteiger partial charge in [0.2, 0.25) is 0 Å². The Kier molecular flexibility index (Phi) is 2.79. The van der Waals surface area contributed by atoms with Crippen molar-refractivity contribution in [2.45, 2.75) is 33.6 Å². The minimum Gasteiger partial charge on any atom is -0.404 e. The minimum absolute atomic E-state index is 0.117. The summed E-state index contributed by atoms with van der Waals surface area (Å²) >= 11 is 0. The van der Waals surface area contributed by atoms with Crippen molar-refractivity contribution in [1.82, 2.24) is 0 Å². The Bertz CT molecular complexity index is 239. The molecule has 0 aromatic carbocycles. The van der Waals surface area contributed by atoms with E-state index in [4.69, 9.17) is 5.73 Å². The van der Waals surface area contributed by atoms with Crippen LogP contribution in [0.15, 0.2) is 16.8 Å². The van der Waals surface area contributed by atoms with E-state index in [0.717, 1.165) is 0 Å². The molecule has 0 radical (unpaired) electrons. The Balaban J connectivity index is 2.88. The topological polar surface area (TPSA) is 38.4 Å². The van der Waals surface area contributed by atoms with Gasteiger partial charge in [0.05, 0.1) is 0 Å². The van der Waals surface area contributed by atoms with Crippen LogP contribution in [0.25, 0.3) is 0 Å². The van der Waals surface area contributed by atoms with Crippen molar-refractivity contribution in [2.75, 3.05) is 7.05 Å². The molecule has 0 atom stereocenters. The van der Waals surface area contributed by atoms with E-state index in [2.05, 4.69) is 25.8 Å². The van der Waals surface area contributed by atoms with Crippen LogP contribution in [0, 0.1) is 11.3 Å². The molecule has 0 spiro atoms. The number of nitrogens with two attached hydrogens (primary N) is 1. The van der Waals surface area contributed by atoms with Crippen LogP contribution in [0.3, 0.4) is 0 Å². The number of hydrogen-bond acceptors (Lipinski definition) is 2. The van der Waals surface area contributed by atoms with Crippen LogP contribution in [0.1, 0.15) is 33.6 Å². The molecule has 74 valence electrons. The first-order valence-electron chi connectivity index (χ1n) is 4.90. The lowest BCUT2D eigenvalue weighted by Gasteiger charge is -2.23. The normalized spacial score (nSPS) is 20.6. The van der Waals surface area contributed by atoms with Crippen LogP contribution >= 0.6 is 0 Å². The molecule has 2 N–H and O–H groups in total. The van der Waals surface area contributed by atoms with Crippen molar-refractivity contribution >= 4 is 5.71 Å². The second kappa shape index (κ2) is 3.52. The Hall–Kier alpha value is -0.790. The summed E-state index contributed by atoms with van der Waals surface area (Å²) in [6.07, 6.45) is 4.28. The van der Waals surface area contributed by atoms with Gasteiger partial charge < -0.3 is 5.73 Å². The molecule has 1 rings (SSSR count). The second-order valence-electron chi connectivity index (χ2n) is 4.71. The quantitative estimate of drug-likeness (QED) is 0.651. The highest BCUT2D eigenvalue weighted by Crippen LogP contribution is 2.38. The smallest absolute Gasteiger partial charge is 0.0427 e. The summed E-state index contributed by atoms with van der Waals surface area (Å²) in [7, 11) is 1.86. The third kappa shape index (κ3) is 2.33. The Morgan fingerprint density at radius 1 is 1.38 bits per heavy atom. The van der Waals surface area contributed by atoms with E-state index in [1.54, 1.807) is 6.20 Å². The van der Waals surface area contributed by atoms with E-state index in [0.29, 0.717) is 5.92 Å². The SMILES string of the molecule is CN=C(/C(=C\N)C(C)(C)C)C1CC1. The van der Waals surface area contributed by atoms with Crippen molar-refractivity contribution in [3.63, 3.8) is 0 Å². The number of nitrogens with zero attached hydrogens (tertiary/aromatic N) is 1. The van der Waals surface area contributed by atoms with Gasteiger partial charge in [-0.25, -0.2) is 0 Å². The maximum atomic E-state index is 5.66. The maximum Gasteiger partial charge on any atom is 0.0427 e. The van der Waals surface area contributed by atoms with Gasteiger partial charge in [0.25, 0.3) is 0 Å². The van der Waals surface area contributed by atoms with Gasteiger partial charge in [0.1, 0.15) is 0 Å². The third-order valence-corrected chi connectivity index (χ3v) is 2.46. The molecule has 13 heavy (non-hydrogen) atoms. The molecule has 1 aliphatic carbocycles. The molecule has 1 aliphatic rings. The summed E-state index contributed by atoms with van der Waals surface area (Å²) < 4.78 is 0. The Labute approximate surface area is 80.9 Å². The average molecular weight is 180 g/mol. The van der Waals surface area contributed by atoms with Crippen molar-refractivity contribution in [1.29, 1.82) is 0 Å². The Morgan fingerprint density at radius 2 is 1.92 bits per heavy atom. The van der Waals surface area contributed by atoms with E-state index < -0.39 is 0 Å². The van der Waals surface area contributed by atoms with E-state index in [1.807, 2.05) is 7.05 Å². The van der Waals surface area contributed by atoms with Gasteiger partial charge >= 0.3 is 0 Å². The standard InChI is InChI=1S/C11H20N2/c1-11(2,3)9(7-12)10(13-4)8-5-6-8/h7-8H,5-6,12H2,1-4H3/b9-7+,13-10?. The summed E-state index contributed by atoms with van der Waals surface area (Å²) in [5.41, 5.74) is 8.20. The summed E-state index contributed by atoms with van der Waals surface area (Å²) in [5.74, 6) is 0.680.